The smallest absolute Gasteiger partial charge is 0.331 e. The van der Waals surface area contributed by atoms with Gasteiger partial charge in [0.2, 0.25) is 0 Å². The number of ketones is 1. The number of carbonyl (C=O) groups is 2. The summed E-state index contributed by atoms with van der Waals surface area (Å²) in [5.74, 6) is -0.0357. The normalized spacial score (nSPS) is 16.7. The van der Waals surface area contributed by atoms with Gasteiger partial charge in [-0.25, -0.2) is 4.79 Å². The molecule has 0 spiro atoms. The van der Waals surface area contributed by atoms with Crippen LogP contribution in [0.5, 0.6) is 5.75 Å². The van der Waals surface area contributed by atoms with Gasteiger partial charge < -0.3 is 9.47 Å². The molecule has 1 aromatic carbocycles. The lowest BCUT2D eigenvalue weighted by molar-refractivity contribution is -0.144. The SMILES string of the molecule is COC(=O)C(C(=O)c1ccc(OC)cc1)N1CCCC1. The topological polar surface area (TPSA) is 55.8 Å². The number of likely N-dealkylation sites (tertiary alicyclic amines) is 1. The van der Waals surface area contributed by atoms with Crippen molar-refractivity contribution in [1.29, 1.82) is 0 Å². The molecule has 20 heavy (non-hydrogen) atoms. The zero-order valence-corrected chi connectivity index (χ0v) is 11.8. The first-order valence-electron chi connectivity index (χ1n) is 6.67. The van der Waals surface area contributed by atoms with E-state index in [-0.39, 0.29) is 5.78 Å². The average Bonchev–Trinajstić information content (AvgIpc) is 3.01. The highest BCUT2D eigenvalue weighted by Crippen LogP contribution is 2.19. The van der Waals surface area contributed by atoms with Gasteiger partial charge in [0.25, 0.3) is 0 Å². The molecule has 2 rings (SSSR count). The second-order valence-corrected chi connectivity index (χ2v) is 4.76. The summed E-state index contributed by atoms with van der Waals surface area (Å²) in [6, 6.07) is 5.94. The number of hydrogen-bond donors (Lipinski definition) is 0. The maximum atomic E-state index is 12.5. The van der Waals surface area contributed by atoms with E-state index < -0.39 is 12.0 Å². The molecule has 1 aromatic rings. The van der Waals surface area contributed by atoms with Gasteiger partial charge in [-0.3, -0.25) is 9.69 Å². The first kappa shape index (κ1) is 14.5. The maximum absolute atomic E-state index is 12.5. The van der Waals surface area contributed by atoms with Crippen LogP contribution in [0.15, 0.2) is 24.3 Å². The minimum atomic E-state index is -0.837. The molecule has 0 aromatic heterocycles. The van der Waals surface area contributed by atoms with Gasteiger partial charge in [-0.1, -0.05) is 0 Å². The van der Waals surface area contributed by atoms with Crippen molar-refractivity contribution in [1.82, 2.24) is 4.90 Å². The summed E-state index contributed by atoms with van der Waals surface area (Å²) in [5, 5.41) is 0. The minimum absolute atomic E-state index is 0.221. The number of carbonyl (C=O) groups excluding carboxylic acids is 2. The van der Waals surface area contributed by atoms with Crippen LogP contribution in [-0.4, -0.2) is 50.0 Å². The van der Waals surface area contributed by atoms with Crippen LogP contribution in [0.1, 0.15) is 23.2 Å². The number of esters is 1. The van der Waals surface area contributed by atoms with Crippen molar-refractivity contribution in [3.8, 4) is 5.75 Å². The number of ether oxygens (including phenoxy) is 2. The van der Waals surface area contributed by atoms with E-state index >= 15 is 0 Å². The van der Waals surface area contributed by atoms with E-state index in [2.05, 4.69) is 0 Å². The Kier molecular flexibility index (Phi) is 4.74. The van der Waals surface area contributed by atoms with E-state index in [1.807, 2.05) is 4.90 Å². The molecule has 0 saturated carbocycles. The molecule has 108 valence electrons. The van der Waals surface area contributed by atoms with Crippen molar-refractivity contribution < 1.29 is 19.1 Å². The van der Waals surface area contributed by atoms with Crippen LogP contribution in [0.25, 0.3) is 0 Å². The highest BCUT2D eigenvalue weighted by Gasteiger charge is 2.35. The fourth-order valence-corrected chi connectivity index (χ4v) is 2.45. The first-order chi connectivity index (χ1) is 9.67. The largest absolute Gasteiger partial charge is 0.497 e. The Balaban J connectivity index is 2.22. The van der Waals surface area contributed by atoms with E-state index in [1.54, 1.807) is 31.4 Å². The van der Waals surface area contributed by atoms with Gasteiger partial charge in [-0.05, 0) is 50.2 Å². The zero-order valence-electron chi connectivity index (χ0n) is 11.8. The summed E-state index contributed by atoms with van der Waals surface area (Å²) in [6.45, 7) is 1.50. The predicted molar refractivity (Wildman–Crippen MR) is 73.9 cm³/mol. The van der Waals surface area contributed by atoms with Crippen molar-refractivity contribution in [2.24, 2.45) is 0 Å². The van der Waals surface area contributed by atoms with Gasteiger partial charge in [0.05, 0.1) is 14.2 Å². The molecule has 0 N–H and O–H groups in total. The van der Waals surface area contributed by atoms with Crippen LogP contribution >= 0.6 is 0 Å². The molecular weight excluding hydrogens is 258 g/mol. The molecule has 5 heteroatoms. The summed E-state index contributed by atoms with van der Waals surface area (Å²) < 4.78 is 9.85. The van der Waals surface area contributed by atoms with E-state index in [0.717, 1.165) is 25.9 Å². The lowest BCUT2D eigenvalue weighted by atomic mass is 10.0. The number of benzene rings is 1. The second-order valence-electron chi connectivity index (χ2n) is 4.76. The number of Topliss-reactive ketones (excluding diaryl/α,β-unsaturated/α-hetero) is 1. The van der Waals surface area contributed by atoms with Gasteiger partial charge >= 0.3 is 5.97 Å². The van der Waals surface area contributed by atoms with Crippen LogP contribution in [-0.2, 0) is 9.53 Å². The Morgan fingerprint density at radius 1 is 1.10 bits per heavy atom. The molecule has 5 nitrogen and oxygen atoms in total. The molecule has 1 aliphatic rings. The lowest BCUT2D eigenvalue weighted by Crippen LogP contribution is -2.46. The third kappa shape index (κ3) is 2.99. The third-order valence-electron chi connectivity index (χ3n) is 3.55. The summed E-state index contributed by atoms with van der Waals surface area (Å²) in [5.41, 5.74) is 0.494. The fraction of sp³-hybridized carbons (Fsp3) is 0.467. The van der Waals surface area contributed by atoms with E-state index in [4.69, 9.17) is 9.47 Å². The molecular formula is C15H19NO4. The van der Waals surface area contributed by atoms with Gasteiger partial charge in [0.15, 0.2) is 11.8 Å². The lowest BCUT2D eigenvalue weighted by Gasteiger charge is -2.23. The van der Waals surface area contributed by atoms with Crippen molar-refractivity contribution in [3.05, 3.63) is 29.8 Å². The van der Waals surface area contributed by atoms with Crippen LogP contribution < -0.4 is 4.74 Å². The Labute approximate surface area is 118 Å². The van der Waals surface area contributed by atoms with Crippen LogP contribution in [0.4, 0.5) is 0 Å². The van der Waals surface area contributed by atoms with E-state index in [1.165, 1.54) is 7.11 Å². The maximum Gasteiger partial charge on any atom is 0.331 e. The van der Waals surface area contributed by atoms with Crippen LogP contribution in [0, 0.1) is 0 Å². The Morgan fingerprint density at radius 3 is 2.20 bits per heavy atom. The molecule has 1 atom stereocenters. The molecule has 0 amide bonds. The van der Waals surface area contributed by atoms with Crippen molar-refractivity contribution in [2.75, 3.05) is 27.3 Å². The quantitative estimate of drug-likeness (QED) is 0.464. The minimum Gasteiger partial charge on any atom is -0.497 e. The molecule has 1 saturated heterocycles. The van der Waals surface area contributed by atoms with Gasteiger partial charge in [-0.2, -0.15) is 0 Å². The molecule has 1 fully saturated rings. The van der Waals surface area contributed by atoms with Gasteiger partial charge in [-0.15, -0.1) is 0 Å². The zero-order chi connectivity index (χ0) is 14.5. The average molecular weight is 277 g/mol. The van der Waals surface area contributed by atoms with Gasteiger partial charge in [0.1, 0.15) is 5.75 Å². The van der Waals surface area contributed by atoms with E-state index in [9.17, 15) is 9.59 Å². The van der Waals surface area contributed by atoms with Crippen LogP contribution in [0.2, 0.25) is 0 Å². The summed E-state index contributed by atoms with van der Waals surface area (Å²) in [6.07, 6.45) is 2.01. The Bertz CT molecular complexity index is 477. The molecule has 1 unspecified atom stereocenters. The molecule has 1 aliphatic heterocycles. The van der Waals surface area contributed by atoms with Crippen molar-refractivity contribution in [2.45, 2.75) is 18.9 Å². The monoisotopic (exact) mass is 277 g/mol. The highest BCUT2D eigenvalue weighted by atomic mass is 16.5. The van der Waals surface area contributed by atoms with E-state index in [0.29, 0.717) is 11.3 Å². The molecule has 0 radical (unpaired) electrons. The van der Waals surface area contributed by atoms with Crippen molar-refractivity contribution >= 4 is 11.8 Å². The Hall–Kier alpha value is -1.88. The predicted octanol–water partition coefficient (Wildman–Crippen LogP) is 1.52. The fourth-order valence-electron chi connectivity index (χ4n) is 2.45. The first-order valence-corrected chi connectivity index (χ1v) is 6.67. The number of rotatable bonds is 5. The third-order valence-corrected chi connectivity index (χ3v) is 3.55. The summed E-state index contributed by atoms with van der Waals surface area (Å²) in [4.78, 5) is 26.4. The summed E-state index contributed by atoms with van der Waals surface area (Å²) >= 11 is 0. The molecule has 0 aliphatic carbocycles. The van der Waals surface area contributed by atoms with Crippen LogP contribution in [0.3, 0.4) is 0 Å². The summed E-state index contributed by atoms with van der Waals surface area (Å²) in [7, 11) is 2.88. The highest BCUT2D eigenvalue weighted by molar-refractivity contribution is 6.12. The molecule has 1 heterocycles. The molecule has 0 bridgehead atoms. The number of methoxy groups -OCH3 is 2. The van der Waals surface area contributed by atoms with Crippen molar-refractivity contribution in [3.63, 3.8) is 0 Å². The standard InChI is InChI=1S/C15H19NO4/c1-19-12-7-5-11(6-8-12)14(17)13(15(18)20-2)16-9-3-4-10-16/h5-8,13H,3-4,9-10H2,1-2H3. The Morgan fingerprint density at radius 2 is 1.70 bits per heavy atom. The second kappa shape index (κ2) is 6.52. The van der Waals surface area contributed by atoms with Gasteiger partial charge in [0, 0.05) is 5.56 Å². The number of hydrogen-bond acceptors (Lipinski definition) is 5. The number of nitrogens with zero attached hydrogens (tertiary/aromatic N) is 1.